The van der Waals surface area contributed by atoms with Crippen LogP contribution in [0.2, 0.25) is 10.0 Å². The molecule has 1 rings (SSSR count). The van der Waals surface area contributed by atoms with Gasteiger partial charge in [0.05, 0.1) is 10.0 Å². The minimum atomic E-state index is -0.808. The maximum Gasteiger partial charge on any atom is 0.194 e. The molecule has 0 saturated carbocycles. The van der Waals surface area contributed by atoms with Crippen molar-refractivity contribution in [1.82, 2.24) is 0 Å². The first-order chi connectivity index (χ1) is 7.44. The molecule has 0 saturated heterocycles. The van der Waals surface area contributed by atoms with Gasteiger partial charge in [-0.25, -0.2) is 0 Å². The highest BCUT2D eigenvalue weighted by molar-refractivity contribution is 6.42. The molecule has 0 spiro atoms. The molecular formula is C12H14Cl2O2. The second-order valence-electron chi connectivity index (χ2n) is 3.75. The number of rotatable bonds is 4. The van der Waals surface area contributed by atoms with E-state index >= 15 is 0 Å². The molecule has 0 aliphatic carbocycles. The Bertz CT molecular complexity index is 398. The zero-order valence-electron chi connectivity index (χ0n) is 9.51. The van der Waals surface area contributed by atoms with Crippen LogP contribution in [0.1, 0.15) is 30.6 Å². The fourth-order valence-electron chi connectivity index (χ4n) is 1.34. The third-order valence-electron chi connectivity index (χ3n) is 2.79. The van der Waals surface area contributed by atoms with Gasteiger partial charge in [-0.05, 0) is 31.5 Å². The number of carbonyl (C=O) groups excluding carboxylic acids is 1. The van der Waals surface area contributed by atoms with E-state index in [1.165, 1.54) is 7.11 Å². The first-order valence-corrected chi connectivity index (χ1v) is 5.75. The number of ether oxygens (including phenoxy) is 1. The molecule has 1 aromatic carbocycles. The van der Waals surface area contributed by atoms with Crippen LogP contribution in [0, 0.1) is 0 Å². The number of hydrogen-bond donors (Lipinski definition) is 0. The Labute approximate surface area is 106 Å². The molecule has 0 aliphatic rings. The predicted octanol–water partition coefficient (Wildman–Crippen LogP) is 3.99. The summed E-state index contributed by atoms with van der Waals surface area (Å²) < 4.78 is 5.25. The molecule has 0 radical (unpaired) electrons. The van der Waals surface area contributed by atoms with Crippen LogP contribution in [0.15, 0.2) is 18.2 Å². The Morgan fingerprint density at radius 2 is 2.00 bits per heavy atom. The molecule has 0 fully saturated rings. The normalized spacial score (nSPS) is 14.6. The Morgan fingerprint density at radius 3 is 2.44 bits per heavy atom. The predicted molar refractivity (Wildman–Crippen MR) is 66.5 cm³/mol. The van der Waals surface area contributed by atoms with E-state index in [-0.39, 0.29) is 5.78 Å². The number of Topliss-reactive ketones (excluding diaryl/α,β-unsaturated/α-hetero) is 1. The summed E-state index contributed by atoms with van der Waals surface area (Å²) in [7, 11) is 1.53. The van der Waals surface area contributed by atoms with E-state index in [2.05, 4.69) is 0 Å². The maximum atomic E-state index is 12.2. The smallest absolute Gasteiger partial charge is 0.194 e. The zero-order valence-corrected chi connectivity index (χ0v) is 11.0. The van der Waals surface area contributed by atoms with Gasteiger partial charge >= 0.3 is 0 Å². The zero-order chi connectivity index (χ0) is 12.3. The number of ketones is 1. The van der Waals surface area contributed by atoms with Crippen molar-refractivity contribution in [2.75, 3.05) is 7.11 Å². The molecule has 0 aliphatic heterocycles. The van der Waals surface area contributed by atoms with Gasteiger partial charge in [0.2, 0.25) is 0 Å². The van der Waals surface area contributed by atoms with Gasteiger partial charge in [-0.2, -0.15) is 0 Å². The molecular weight excluding hydrogens is 247 g/mol. The molecule has 0 bridgehead atoms. The number of halogens is 2. The lowest BCUT2D eigenvalue weighted by Gasteiger charge is -2.25. The molecule has 0 heterocycles. The monoisotopic (exact) mass is 260 g/mol. The van der Waals surface area contributed by atoms with Crippen molar-refractivity contribution in [3.63, 3.8) is 0 Å². The highest BCUT2D eigenvalue weighted by atomic mass is 35.5. The van der Waals surface area contributed by atoms with Crippen LogP contribution < -0.4 is 0 Å². The van der Waals surface area contributed by atoms with Gasteiger partial charge in [0, 0.05) is 12.7 Å². The second-order valence-corrected chi connectivity index (χ2v) is 4.56. The average Bonchev–Trinajstić information content (AvgIpc) is 2.30. The molecule has 0 amide bonds. The minimum Gasteiger partial charge on any atom is -0.370 e. The molecule has 1 aromatic rings. The number of methoxy groups -OCH3 is 1. The summed E-state index contributed by atoms with van der Waals surface area (Å²) in [6, 6.07) is 4.84. The van der Waals surface area contributed by atoms with Crippen LogP contribution in [0.5, 0.6) is 0 Å². The van der Waals surface area contributed by atoms with E-state index in [0.717, 1.165) is 0 Å². The molecule has 0 aromatic heterocycles. The van der Waals surface area contributed by atoms with Crippen molar-refractivity contribution in [2.45, 2.75) is 25.9 Å². The summed E-state index contributed by atoms with van der Waals surface area (Å²) in [4.78, 5) is 12.2. The van der Waals surface area contributed by atoms with Crippen LogP contribution in [-0.4, -0.2) is 18.5 Å². The summed E-state index contributed by atoms with van der Waals surface area (Å²) in [5.41, 5.74) is -0.294. The summed E-state index contributed by atoms with van der Waals surface area (Å²) in [5.74, 6) is -0.0870. The Hall–Kier alpha value is -0.570. The van der Waals surface area contributed by atoms with Crippen molar-refractivity contribution in [3.05, 3.63) is 33.8 Å². The lowest BCUT2D eigenvalue weighted by atomic mass is 9.92. The largest absolute Gasteiger partial charge is 0.370 e. The Morgan fingerprint density at radius 1 is 1.38 bits per heavy atom. The van der Waals surface area contributed by atoms with Crippen LogP contribution in [0.25, 0.3) is 0 Å². The van der Waals surface area contributed by atoms with E-state index in [9.17, 15) is 4.79 Å². The Kier molecular flexibility index (Phi) is 4.36. The topological polar surface area (TPSA) is 26.3 Å². The van der Waals surface area contributed by atoms with Crippen molar-refractivity contribution in [1.29, 1.82) is 0 Å². The minimum absolute atomic E-state index is 0.0870. The molecule has 1 unspecified atom stereocenters. The van der Waals surface area contributed by atoms with Gasteiger partial charge in [-0.15, -0.1) is 0 Å². The lowest BCUT2D eigenvalue weighted by Crippen LogP contribution is -2.36. The van der Waals surface area contributed by atoms with E-state index in [4.69, 9.17) is 27.9 Å². The summed E-state index contributed by atoms with van der Waals surface area (Å²) in [5, 5.41) is 0.816. The van der Waals surface area contributed by atoms with Crippen LogP contribution in [0.4, 0.5) is 0 Å². The van der Waals surface area contributed by atoms with E-state index in [1.807, 2.05) is 6.92 Å². The Balaban J connectivity index is 3.09. The fourth-order valence-corrected chi connectivity index (χ4v) is 1.64. The average molecular weight is 261 g/mol. The van der Waals surface area contributed by atoms with E-state index in [0.29, 0.717) is 22.0 Å². The van der Waals surface area contributed by atoms with E-state index in [1.54, 1.807) is 25.1 Å². The third kappa shape index (κ3) is 2.57. The van der Waals surface area contributed by atoms with Gasteiger partial charge in [0.15, 0.2) is 5.78 Å². The van der Waals surface area contributed by atoms with Gasteiger partial charge in [-0.1, -0.05) is 30.1 Å². The number of hydrogen-bond acceptors (Lipinski definition) is 2. The van der Waals surface area contributed by atoms with Gasteiger partial charge < -0.3 is 4.74 Å². The quantitative estimate of drug-likeness (QED) is 0.766. The van der Waals surface area contributed by atoms with Gasteiger partial charge in [-0.3, -0.25) is 4.79 Å². The van der Waals surface area contributed by atoms with Crippen molar-refractivity contribution in [2.24, 2.45) is 0 Å². The standard InChI is InChI=1S/C12H14Cl2O2/c1-4-12(2,16-3)11(15)8-5-6-9(13)10(14)7-8/h5-7H,4H2,1-3H3. The van der Waals surface area contributed by atoms with Crippen LogP contribution in [0.3, 0.4) is 0 Å². The van der Waals surface area contributed by atoms with Gasteiger partial charge in [0.1, 0.15) is 5.60 Å². The molecule has 16 heavy (non-hydrogen) atoms. The third-order valence-corrected chi connectivity index (χ3v) is 3.53. The van der Waals surface area contributed by atoms with Crippen LogP contribution >= 0.6 is 23.2 Å². The lowest BCUT2D eigenvalue weighted by molar-refractivity contribution is 0.0106. The first kappa shape index (κ1) is 13.5. The second kappa shape index (κ2) is 5.17. The molecule has 88 valence electrons. The van der Waals surface area contributed by atoms with Crippen molar-refractivity contribution < 1.29 is 9.53 Å². The number of carbonyl (C=O) groups is 1. The summed E-state index contributed by atoms with van der Waals surface area (Å²) in [6.07, 6.45) is 0.600. The highest BCUT2D eigenvalue weighted by Gasteiger charge is 2.31. The van der Waals surface area contributed by atoms with Gasteiger partial charge in [0.25, 0.3) is 0 Å². The molecule has 4 heteroatoms. The SMILES string of the molecule is CCC(C)(OC)C(=O)c1ccc(Cl)c(Cl)c1. The molecule has 0 N–H and O–H groups in total. The molecule has 1 atom stereocenters. The maximum absolute atomic E-state index is 12.2. The van der Waals surface area contributed by atoms with Crippen molar-refractivity contribution in [3.8, 4) is 0 Å². The highest BCUT2D eigenvalue weighted by Crippen LogP contribution is 2.26. The van der Waals surface area contributed by atoms with E-state index < -0.39 is 5.60 Å². The fraction of sp³-hybridized carbons (Fsp3) is 0.417. The van der Waals surface area contributed by atoms with Crippen molar-refractivity contribution >= 4 is 29.0 Å². The number of benzene rings is 1. The van der Waals surface area contributed by atoms with Crippen LogP contribution in [-0.2, 0) is 4.74 Å². The first-order valence-electron chi connectivity index (χ1n) is 4.99. The summed E-state index contributed by atoms with van der Waals surface area (Å²) >= 11 is 11.7. The molecule has 2 nitrogen and oxygen atoms in total. The summed E-state index contributed by atoms with van der Waals surface area (Å²) in [6.45, 7) is 3.66.